The highest BCUT2D eigenvalue weighted by atomic mass is 16.5. The van der Waals surface area contributed by atoms with E-state index in [0.29, 0.717) is 0 Å². The Kier molecular flexibility index (Phi) is 5.15. The third-order valence-corrected chi connectivity index (χ3v) is 6.46. The van der Waals surface area contributed by atoms with Gasteiger partial charge in [0.2, 0.25) is 0 Å². The van der Waals surface area contributed by atoms with Gasteiger partial charge in [0.15, 0.2) is 0 Å². The number of hydrogen-bond acceptors (Lipinski definition) is 2. The summed E-state index contributed by atoms with van der Waals surface area (Å²) >= 11 is 0. The third-order valence-electron chi connectivity index (χ3n) is 6.46. The van der Waals surface area contributed by atoms with E-state index in [1.807, 2.05) is 7.11 Å². The van der Waals surface area contributed by atoms with Gasteiger partial charge < -0.3 is 9.47 Å². The molecule has 2 nitrogen and oxygen atoms in total. The molecular formula is C24H30O2. The average Bonchev–Trinajstić information content (AvgIpc) is 3.19. The highest BCUT2D eigenvalue weighted by molar-refractivity contribution is 5.25. The van der Waals surface area contributed by atoms with Crippen molar-refractivity contribution in [3.8, 4) is 0 Å². The Labute approximate surface area is 157 Å². The molecule has 2 aromatic carbocycles. The summed E-state index contributed by atoms with van der Waals surface area (Å²) < 4.78 is 13.0. The van der Waals surface area contributed by atoms with Gasteiger partial charge in [-0.05, 0) is 43.2 Å². The van der Waals surface area contributed by atoms with Crippen molar-refractivity contribution in [3.05, 3.63) is 71.8 Å². The molecule has 0 aromatic heterocycles. The number of methoxy groups -OCH3 is 1. The molecule has 1 unspecified atom stereocenters. The van der Waals surface area contributed by atoms with Gasteiger partial charge in [-0.2, -0.15) is 0 Å². The number of hydrogen-bond donors (Lipinski definition) is 0. The Morgan fingerprint density at radius 1 is 0.731 bits per heavy atom. The topological polar surface area (TPSA) is 18.5 Å². The lowest BCUT2D eigenvalue weighted by atomic mass is 9.77. The molecule has 0 spiro atoms. The Balaban J connectivity index is 1.58. The molecule has 2 atom stereocenters. The standard InChI is InChI=1S/C24H30O2/c1-25-24(21-13-6-3-7-14-21)18-10-15-22(19-24)26-23(16-8-9-17-23)20-11-4-2-5-12-20/h2-7,11-14,22H,8-10,15-19H2,1H3/t22-,24?/m0/s1. The summed E-state index contributed by atoms with van der Waals surface area (Å²) in [7, 11) is 1.86. The first-order chi connectivity index (χ1) is 12.8. The highest BCUT2D eigenvalue weighted by Crippen LogP contribution is 2.47. The van der Waals surface area contributed by atoms with E-state index >= 15 is 0 Å². The lowest BCUT2D eigenvalue weighted by Crippen LogP contribution is -2.41. The predicted octanol–water partition coefficient (Wildman–Crippen LogP) is 5.96. The van der Waals surface area contributed by atoms with Crippen LogP contribution >= 0.6 is 0 Å². The van der Waals surface area contributed by atoms with Crippen LogP contribution in [0.5, 0.6) is 0 Å². The Morgan fingerprint density at radius 3 is 1.85 bits per heavy atom. The zero-order chi connectivity index (χ0) is 17.9. The van der Waals surface area contributed by atoms with Crippen LogP contribution in [0.1, 0.15) is 62.5 Å². The highest BCUT2D eigenvalue weighted by Gasteiger charge is 2.44. The van der Waals surface area contributed by atoms with Gasteiger partial charge in [-0.25, -0.2) is 0 Å². The maximum atomic E-state index is 6.92. The van der Waals surface area contributed by atoms with Crippen molar-refractivity contribution >= 4 is 0 Å². The summed E-state index contributed by atoms with van der Waals surface area (Å²) in [6.07, 6.45) is 9.35. The molecule has 2 fully saturated rings. The second kappa shape index (κ2) is 7.54. The summed E-state index contributed by atoms with van der Waals surface area (Å²) in [4.78, 5) is 0. The SMILES string of the molecule is COC1(c2ccccc2)CCC[C@H](OC2(c3ccccc3)CCCC2)C1. The molecule has 2 saturated carbocycles. The van der Waals surface area contributed by atoms with Crippen LogP contribution in [0.15, 0.2) is 60.7 Å². The molecule has 0 saturated heterocycles. The van der Waals surface area contributed by atoms with Crippen LogP contribution in [0.25, 0.3) is 0 Å². The molecule has 2 aromatic rings. The molecule has 2 aliphatic rings. The monoisotopic (exact) mass is 350 g/mol. The van der Waals surface area contributed by atoms with Gasteiger partial charge in [0.1, 0.15) is 0 Å². The van der Waals surface area contributed by atoms with E-state index in [2.05, 4.69) is 60.7 Å². The fraction of sp³-hybridized carbons (Fsp3) is 0.500. The lowest BCUT2D eigenvalue weighted by Gasteiger charge is -2.43. The van der Waals surface area contributed by atoms with Crippen molar-refractivity contribution in [1.82, 2.24) is 0 Å². The smallest absolute Gasteiger partial charge is 0.0952 e. The molecule has 0 radical (unpaired) electrons. The largest absolute Gasteiger partial charge is 0.373 e. The summed E-state index contributed by atoms with van der Waals surface area (Å²) in [5, 5.41) is 0. The van der Waals surface area contributed by atoms with Crippen LogP contribution in [0.3, 0.4) is 0 Å². The Morgan fingerprint density at radius 2 is 1.27 bits per heavy atom. The minimum atomic E-state index is -0.208. The molecule has 4 rings (SSSR count). The van der Waals surface area contributed by atoms with Gasteiger partial charge in [0.05, 0.1) is 17.3 Å². The normalized spacial score (nSPS) is 28.1. The molecule has 0 heterocycles. The first-order valence-electron chi connectivity index (χ1n) is 10.1. The van der Waals surface area contributed by atoms with E-state index in [9.17, 15) is 0 Å². The van der Waals surface area contributed by atoms with Crippen molar-refractivity contribution in [2.24, 2.45) is 0 Å². The molecule has 26 heavy (non-hydrogen) atoms. The second-order valence-corrected chi connectivity index (χ2v) is 7.97. The average molecular weight is 351 g/mol. The maximum absolute atomic E-state index is 6.92. The van der Waals surface area contributed by atoms with Crippen molar-refractivity contribution in [3.63, 3.8) is 0 Å². The summed E-state index contributed by atoms with van der Waals surface area (Å²) in [5.41, 5.74) is 2.34. The first kappa shape index (κ1) is 17.8. The Hall–Kier alpha value is -1.64. The van der Waals surface area contributed by atoms with Crippen molar-refractivity contribution in [1.29, 1.82) is 0 Å². The summed E-state index contributed by atoms with van der Waals surface area (Å²) in [6, 6.07) is 21.6. The van der Waals surface area contributed by atoms with Crippen LogP contribution in [0.2, 0.25) is 0 Å². The van der Waals surface area contributed by atoms with Crippen LogP contribution in [0, 0.1) is 0 Å². The zero-order valence-electron chi connectivity index (χ0n) is 15.8. The Bertz CT molecular complexity index is 691. The van der Waals surface area contributed by atoms with Crippen molar-refractivity contribution < 1.29 is 9.47 Å². The van der Waals surface area contributed by atoms with Gasteiger partial charge >= 0.3 is 0 Å². The lowest BCUT2D eigenvalue weighted by molar-refractivity contribution is -0.154. The number of ether oxygens (including phenoxy) is 2. The number of benzene rings is 2. The van der Waals surface area contributed by atoms with Crippen molar-refractivity contribution in [2.75, 3.05) is 7.11 Å². The third kappa shape index (κ3) is 3.33. The van der Waals surface area contributed by atoms with E-state index in [1.54, 1.807) is 0 Å². The van der Waals surface area contributed by atoms with Crippen LogP contribution in [0.4, 0.5) is 0 Å². The molecule has 0 aliphatic heterocycles. The molecule has 0 amide bonds. The zero-order valence-corrected chi connectivity index (χ0v) is 15.8. The quantitative estimate of drug-likeness (QED) is 0.662. The molecule has 138 valence electrons. The summed E-state index contributed by atoms with van der Waals surface area (Å²) in [6.45, 7) is 0. The van der Waals surface area contributed by atoms with Crippen LogP contribution in [-0.2, 0) is 20.7 Å². The molecule has 0 bridgehead atoms. The van der Waals surface area contributed by atoms with Gasteiger partial charge in [-0.15, -0.1) is 0 Å². The van der Waals surface area contributed by atoms with E-state index < -0.39 is 0 Å². The minimum absolute atomic E-state index is 0.0978. The second-order valence-electron chi connectivity index (χ2n) is 7.97. The molecule has 2 aliphatic carbocycles. The van der Waals surface area contributed by atoms with Crippen LogP contribution in [-0.4, -0.2) is 13.2 Å². The van der Waals surface area contributed by atoms with Crippen molar-refractivity contribution in [2.45, 2.75) is 68.7 Å². The van der Waals surface area contributed by atoms with Gasteiger partial charge in [-0.1, -0.05) is 73.5 Å². The minimum Gasteiger partial charge on any atom is -0.373 e. The molecular weight excluding hydrogens is 320 g/mol. The fourth-order valence-electron chi connectivity index (χ4n) is 5.08. The first-order valence-corrected chi connectivity index (χ1v) is 10.1. The molecule has 0 N–H and O–H groups in total. The predicted molar refractivity (Wildman–Crippen MR) is 105 cm³/mol. The fourth-order valence-corrected chi connectivity index (χ4v) is 5.08. The van der Waals surface area contributed by atoms with Gasteiger partial charge in [0, 0.05) is 13.5 Å². The van der Waals surface area contributed by atoms with E-state index in [-0.39, 0.29) is 17.3 Å². The molecule has 2 heteroatoms. The van der Waals surface area contributed by atoms with E-state index in [0.717, 1.165) is 38.5 Å². The van der Waals surface area contributed by atoms with E-state index in [4.69, 9.17) is 9.47 Å². The van der Waals surface area contributed by atoms with Gasteiger partial charge in [0.25, 0.3) is 0 Å². The van der Waals surface area contributed by atoms with Crippen LogP contribution < -0.4 is 0 Å². The van der Waals surface area contributed by atoms with E-state index in [1.165, 1.54) is 24.0 Å². The maximum Gasteiger partial charge on any atom is 0.0952 e. The number of rotatable bonds is 5. The van der Waals surface area contributed by atoms with Gasteiger partial charge in [-0.3, -0.25) is 0 Å². The summed E-state index contributed by atoms with van der Waals surface area (Å²) in [5.74, 6) is 0.